The highest BCUT2D eigenvalue weighted by Crippen LogP contribution is 2.41. The molecule has 0 bridgehead atoms. The maximum atomic E-state index is 13.8. The van der Waals surface area contributed by atoms with Crippen LogP contribution in [0.25, 0.3) is 0 Å². The van der Waals surface area contributed by atoms with E-state index in [1.807, 2.05) is 35.8 Å². The number of aliphatic carboxylic acids is 1. The summed E-state index contributed by atoms with van der Waals surface area (Å²) in [5.41, 5.74) is 1.74. The predicted octanol–water partition coefficient (Wildman–Crippen LogP) is 3.46. The van der Waals surface area contributed by atoms with Crippen molar-refractivity contribution in [3.63, 3.8) is 0 Å². The molecule has 0 radical (unpaired) electrons. The zero-order valence-electron chi connectivity index (χ0n) is 26.7. The quantitative estimate of drug-likeness (QED) is 0.337. The number of quaternary nitrogens is 1. The number of fused-ring (bicyclic) bond motifs is 1. The van der Waals surface area contributed by atoms with Gasteiger partial charge in [-0.05, 0) is 36.5 Å². The molecule has 3 atom stereocenters. The van der Waals surface area contributed by atoms with E-state index in [-0.39, 0.29) is 35.7 Å². The van der Waals surface area contributed by atoms with Crippen LogP contribution in [-0.2, 0) is 20.8 Å². The lowest BCUT2D eigenvalue weighted by molar-refractivity contribution is -0.870. The molecule has 1 aromatic rings. The van der Waals surface area contributed by atoms with Crippen LogP contribution in [0.5, 0.6) is 5.75 Å². The highest BCUT2D eigenvalue weighted by atomic mass is 16.5. The van der Waals surface area contributed by atoms with Gasteiger partial charge in [-0.2, -0.15) is 0 Å². The zero-order valence-corrected chi connectivity index (χ0v) is 26.7. The summed E-state index contributed by atoms with van der Waals surface area (Å²) in [6.45, 7) is 11.1. The maximum Gasteiger partial charge on any atom is 0.308 e. The van der Waals surface area contributed by atoms with Crippen LogP contribution in [0, 0.1) is 11.3 Å². The molecule has 3 aliphatic rings. The summed E-state index contributed by atoms with van der Waals surface area (Å²) in [5, 5.41) is 10.6. The van der Waals surface area contributed by atoms with E-state index in [1.54, 1.807) is 0 Å². The first-order valence-electron chi connectivity index (χ1n) is 15.9. The van der Waals surface area contributed by atoms with Crippen LogP contribution in [0.15, 0.2) is 18.2 Å². The number of carbonyl (C=O) groups excluding carboxylic acids is 2. The Morgan fingerprint density at radius 1 is 1.17 bits per heavy atom. The van der Waals surface area contributed by atoms with Gasteiger partial charge in [0.25, 0.3) is 0 Å². The molecule has 2 saturated heterocycles. The van der Waals surface area contributed by atoms with Gasteiger partial charge in [-0.3, -0.25) is 19.3 Å². The second-order valence-corrected chi connectivity index (χ2v) is 14.2. The fourth-order valence-corrected chi connectivity index (χ4v) is 6.90. The first-order valence-corrected chi connectivity index (χ1v) is 15.9. The number of ether oxygens (including phenoxy) is 1. The molecule has 0 spiro atoms. The average molecular weight is 586 g/mol. The first kappa shape index (κ1) is 32.3. The molecule has 234 valence electrons. The average Bonchev–Trinajstić information content (AvgIpc) is 3.60. The molecule has 4 rings (SSSR count). The van der Waals surface area contributed by atoms with Gasteiger partial charge in [-0.15, -0.1) is 0 Å². The van der Waals surface area contributed by atoms with Gasteiger partial charge < -0.3 is 24.1 Å². The van der Waals surface area contributed by atoms with Crippen LogP contribution in [0.4, 0.5) is 0 Å². The molecule has 1 aromatic carbocycles. The minimum atomic E-state index is -0.837. The summed E-state index contributed by atoms with van der Waals surface area (Å²) < 4.78 is 6.55. The van der Waals surface area contributed by atoms with Crippen molar-refractivity contribution in [2.75, 3.05) is 73.6 Å². The topological polar surface area (TPSA) is 90.4 Å². The maximum absolute atomic E-state index is 13.8. The van der Waals surface area contributed by atoms with E-state index in [4.69, 9.17) is 4.74 Å². The highest BCUT2D eigenvalue weighted by molar-refractivity contribution is 5.84. The smallest absolute Gasteiger partial charge is 0.308 e. The van der Waals surface area contributed by atoms with Crippen LogP contribution in [0.1, 0.15) is 69.9 Å². The number of benzene rings is 1. The summed E-state index contributed by atoms with van der Waals surface area (Å²) in [6.07, 6.45) is 5.05. The standard InChI is InChI=1S/C33H52N4O5/c1-7-8-15-34(16-9-19-37(4,5)6)29(38)23-36-22-26(24-10-11-28-25(21-24)13-20-42-28)30(31(39)40)27(36)12-17-35-18-14-33(2,3)32(35)41/h10-11,21,26-27,30H,7-9,12-20,22-23H2,1-6H3/p+1/t26-,27+,30?/m1/s1. The largest absolute Gasteiger partial charge is 0.493 e. The van der Waals surface area contributed by atoms with E-state index in [2.05, 4.69) is 39.0 Å². The number of hydrogen-bond acceptors (Lipinski definition) is 5. The van der Waals surface area contributed by atoms with Crippen molar-refractivity contribution in [1.29, 1.82) is 0 Å². The molecular weight excluding hydrogens is 532 g/mol. The number of carboxylic acid groups (broad SMARTS) is 1. The molecule has 1 unspecified atom stereocenters. The van der Waals surface area contributed by atoms with Crippen molar-refractivity contribution >= 4 is 17.8 Å². The lowest BCUT2D eigenvalue weighted by Crippen LogP contribution is -2.46. The van der Waals surface area contributed by atoms with Gasteiger partial charge >= 0.3 is 5.97 Å². The Balaban J connectivity index is 1.56. The molecule has 2 amide bonds. The Labute approximate surface area is 252 Å². The van der Waals surface area contributed by atoms with Crippen LogP contribution in [0.3, 0.4) is 0 Å². The molecule has 0 aromatic heterocycles. The fourth-order valence-electron chi connectivity index (χ4n) is 6.90. The number of nitrogens with zero attached hydrogens (tertiary/aromatic N) is 4. The molecule has 3 aliphatic heterocycles. The Bertz CT molecular complexity index is 1130. The third-order valence-electron chi connectivity index (χ3n) is 9.47. The third-order valence-corrected chi connectivity index (χ3v) is 9.47. The normalized spacial score (nSPS) is 23.7. The minimum Gasteiger partial charge on any atom is -0.493 e. The Morgan fingerprint density at radius 2 is 1.90 bits per heavy atom. The number of hydrogen-bond donors (Lipinski definition) is 1. The van der Waals surface area contributed by atoms with Crippen LogP contribution >= 0.6 is 0 Å². The van der Waals surface area contributed by atoms with Crippen molar-refractivity contribution in [3.8, 4) is 5.75 Å². The number of carbonyl (C=O) groups is 3. The summed E-state index contributed by atoms with van der Waals surface area (Å²) in [5.74, 6) is -0.655. The van der Waals surface area contributed by atoms with Crippen molar-refractivity contribution in [3.05, 3.63) is 29.3 Å². The van der Waals surface area contributed by atoms with E-state index in [0.717, 1.165) is 66.6 Å². The highest BCUT2D eigenvalue weighted by Gasteiger charge is 2.48. The number of likely N-dealkylation sites (tertiary alicyclic amines) is 2. The molecule has 9 nitrogen and oxygen atoms in total. The third kappa shape index (κ3) is 7.64. The zero-order chi connectivity index (χ0) is 30.7. The lowest BCUT2D eigenvalue weighted by atomic mass is 9.83. The van der Waals surface area contributed by atoms with Crippen molar-refractivity contribution in [2.45, 2.75) is 71.3 Å². The van der Waals surface area contributed by atoms with Gasteiger partial charge in [0.05, 0.1) is 46.8 Å². The molecule has 2 fully saturated rings. The second kappa shape index (κ2) is 13.3. The Kier molecular flexibility index (Phi) is 10.2. The van der Waals surface area contributed by atoms with Crippen molar-refractivity contribution < 1.29 is 28.7 Å². The van der Waals surface area contributed by atoms with Crippen LogP contribution in [0.2, 0.25) is 0 Å². The van der Waals surface area contributed by atoms with Crippen LogP contribution in [-0.4, -0.2) is 122 Å². The van der Waals surface area contributed by atoms with Gasteiger partial charge in [-0.1, -0.05) is 39.3 Å². The first-order chi connectivity index (χ1) is 19.8. The van der Waals surface area contributed by atoms with Gasteiger partial charge in [0.1, 0.15) is 5.75 Å². The van der Waals surface area contributed by atoms with E-state index < -0.39 is 11.9 Å². The van der Waals surface area contributed by atoms with Gasteiger partial charge in [0, 0.05) is 62.9 Å². The van der Waals surface area contributed by atoms with Gasteiger partial charge in [0.15, 0.2) is 0 Å². The Morgan fingerprint density at radius 3 is 2.55 bits per heavy atom. The summed E-state index contributed by atoms with van der Waals surface area (Å²) >= 11 is 0. The van der Waals surface area contributed by atoms with Crippen molar-refractivity contribution in [1.82, 2.24) is 14.7 Å². The molecule has 3 heterocycles. The molecular formula is C33H53N4O5+. The van der Waals surface area contributed by atoms with E-state index in [9.17, 15) is 19.5 Å². The van der Waals surface area contributed by atoms with Crippen molar-refractivity contribution in [2.24, 2.45) is 11.3 Å². The van der Waals surface area contributed by atoms with E-state index in [0.29, 0.717) is 39.2 Å². The van der Waals surface area contributed by atoms with Crippen LogP contribution < -0.4 is 4.74 Å². The van der Waals surface area contributed by atoms with Gasteiger partial charge in [-0.25, -0.2) is 0 Å². The van der Waals surface area contributed by atoms with Gasteiger partial charge in [0.2, 0.25) is 11.8 Å². The number of rotatable bonds is 14. The fraction of sp³-hybridized carbons (Fsp3) is 0.727. The summed E-state index contributed by atoms with van der Waals surface area (Å²) in [4.78, 5) is 45.7. The molecule has 9 heteroatoms. The molecule has 0 aliphatic carbocycles. The monoisotopic (exact) mass is 585 g/mol. The minimum absolute atomic E-state index is 0.0698. The molecule has 0 saturated carbocycles. The predicted molar refractivity (Wildman–Crippen MR) is 163 cm³/mol. The van der Waals surface area contributed by atoms with E-state index >= 15 is 0 Å². The lowest BCUT2D eigenvalue weighted by Gasteiger charge is -2.31. The second-order valence-electron chi connectivity index (χ2n) is 14.2. The number of carboxylic acids is 1. The SMILES string of the molecule is CCCCN(CCC[N+](C)(C)C)C(=O)CN1C[C@H](c2ccc3c(c2)CCO3)C(C(=O)O)[C@@H]1CCN1CCC(C)(C)C1=O. The summed E-state index contributed by atoms with van der Waals surface area (Å²) in [7, 11) is 6.49. The Hall–Kier alpha value is -2.65. The molecule has 1 N–H and O–H groups in total. The number of amides is 2. The summed E-state index contributed by atoms with van der Waals surface area (Å²) in [6, 6.07) is 5.73. The number of unbranched alkanes of at least 4 members (excludes halogenated alkanes) is 1. The van der Waals surface area contributed by atoms with E-state index in [1.165, 1.54) is 0 Å². The molecule has 42 heavy (non-hydrogen) atoms.